The molecule has 18 heavy (non-hydrogen) atoms. The first-order valence-electron chi connectivity index (χ1n) is 6.44. The van der Waals surface area contributed by atoms with Crippen LogP contribution in [0.3, 0.4) is 0 Å². The van der Waals surface area contributed by atoms with Gasteiger partial charge in [-0.05, 0) is 20.3 Å². The van der Waals surface area contributed by atoms with Gasteiger partial charge in [0.05, 0.1) is 18.8 Å². The molecule has 4 unspecified atom stereocenters. The Labute approximate surface area is 107 Å². The van der Waals surface area contributed by atoms with E-state index in [-0.39, 0.29) is 24.5 Å². The van der Waals surface area contributed by atoms with Crippen molar-refractivity contribution in [3.8, 4) is 0 Å². The van der Waals surface area contributed by atoms with Gasteiger partial charge in [0.1, 0.15) is 0 Å². The topological polar surface area (TPSA) is 70.0 Å². The van der Waals surface area contributed by atoms with Crippen molar-refractivity contribution in [3.63, 3.8) is 0 Å². The highest BCUT2D eigenvalue weighted by Gasteiger charge is 2.48. The van der Waals surface area contributed by atoms with Crippen LogP contribution in [0.2, 0.25) is 0 Å². The summed E-state index contributed by atoms with van der Waals surface area (Å²) in [5, 5.41) is 19.9. The maximum Gasteiger partial charge on any atom is 0.333 e. The second-order valence-corrected chi connectivity index (χ2v) is 5.14. The molecule has 102 valence electrons. The zero-order chi connectivity index (χ0) is 13.3. The highest BCUT2D eigenvalue weighted by Crippen LogP contribution is 2.33. The molecule has 0 bridgehead atoms. The van der Waals surface area contributed by atoms with E-state index in [0.29, 0.717) is 12.1 Å². The lowest BCUT2D eigenvalue weighted by molar-refractivity contribution is -0.141. The Hall–Kier alpha value is -0.910. The largest absolute Gasteiger partial charge is 0.462 e. The van der Waals surface area contributed by atoms with E-state index in [2.05, 4.69) is 4.90 Å². The SMILES string of the molecule is CC=C(C)C(=O)OCC1C(O)CN2CCC(O)C12. The summed E-state index contributed by atoms with van der Waals surface area (Å²) < 4.78 is 5.20. The van der Waals surface area contributed by atoms with Crippen molar-refractivity contribution in [2.45, 2.75) is 38.5 Å². The highest BCUT2D eigenvalue weighted by atomic mass is 16.5. The molecule has 0 aliphatic carbocycles. The quantitative estimate of drug-likeness (QED) is 0.545. The Morgan fingerprint density at radius 2 is 2.17 bits per heavy atom. The lowest BCUT2D eigenvalue weighted by Crippen LogP contribution is -2.37. The van der Waals surface area contributed by atoms with Gasteiger partial charge in [0.2, 0.25) is 0 Å². The van der Waals surface area contributed by atoms with Gasteiger partial charge >= 0.3 is 5.97 Å². The van der Waals surface area contributed by atoms with Crippen LogP contribution < -0.4 is 0 Å². The molecule has 2 rings (SSSR count). The zero-order valence-corrected chi connectivity index (χ0v) is 10.9. The Bertz CT molecular complexity index is 355. The molecular weight excluding hydrogens is 234 g/mol. The van der Waals surface area contributed by atoms with Crippen LogP contribution in [0, 0.1) is 5.92 Å². The predicted molar refractivity (Wildman–Crippen MR) is 65.9 cm³/mol. The third-order valence-corrected chi connectivity index (χ3v) is 4.04. The summed E-state index contributed by atoms with van der Waals surface area (Å²) in [5.74, 6) is -0.535. The Morgan fingerprint density at radius 1 is 1.44 bits per heavy atom. The van der Waals surface area contributed by atoms with Crippen LogP contribution in [-0.4, -0.2) is 59.0 Å². The van der Waals surface area contributed by atoms with Gasteiger partial charge in [-0.25, -0.2) is 4.79 Å². The summed E-state index contributed by atoms with van der Waals surface area (Å²) >= 11 is 0. The van der Waals surface area contributed by atoms with E-state index in [0.717, 1.165) is 13.0 Å². The summed E-state index contributed by atoms with van der Waals surface area (Å²) in [4.78, 5) is 13.6. The number of aliphatic hydroxyl groups is 2. The summed E-state index contributed by atoms with van der Waals surface area (Å²) in [7, 11) is 0. The molecule has 2 N–H and O–H groups in total. The van der Waals surface area contributed by atoms with Crippen molar-refractivity contribution in [2.24, 2.45) is 5.92 Å². The maximum absolute atomic E-state index is 11.6. The summed E-state index contributed by atoms with van der Waals surface area (Å²) in [6.45, 7) is 5.02. The molecule has 0 saturated carbocycles. The Kier molecular flexibility index (Phi) is 4.04. The number of carbonyl (C=O) groups is 1. The van der Waals surface area contributed by atoms with Crippen molar-refractivity contribution in [3.05, 3.63) is 11.6 Å². The third-order valence-electron chi connectivity index (χ3n) is 4.04. The normalized spacial score (nSPS) is 36.8. The number of ether oxygens (including phenoxy) is 1. The number of nitrogens with zero attached hydrogens (tertiary/aromatic N) is 1. The van der Waals surface area contributed by atoms with E-state index in [1.165, 1.54) is 0 Å². The van der Waals surface area contributed by atoms with E-state index in [1.54, 1.807) is 19.9 Å². The first-order chi connectivity index (χ1) is 8.54. The fourth-order valence-electron chi connectivity index (χ4n) is 2.85. The minimum Gasteiger partial charge on any atom is -0.462 e. The molecule has 0 amide bonds. The van der Waals surface area contributed by atoms with E-state index in [9.17, 15) is 15.0 Å². The summed E-state index contributed by atoms with van der Waals surface area (Å²) in [5.41, 5.74) is 0.561. The molecule has 0 aromatic heterocycles. The van der Waals surface area contributed by atoms with Crippen LogP contribution in [-0.2, 0) is 9.53 Å². The number of hydrogen-bond donors (Lipinski definition) is 2. The maximum atomic E-state index is 11.6. The molecule has 0 aromatic carbocycles. The standard InChI is InChI=1S/C13H21NO4/c1-3-8(2)13(17)18-7-9-11(16)6-14-5-4-10(15)12(9)14/h3,9-12,15-16H,4-7H2,1-2H3. The van der Waals surface area contributed by atoms with Crippen LogP contribution >= 0.6 is 0 Å². The van der Waals surface area contributed by atoms with Gasteiger partial charge in [-0.1, -0.05) is 6.08 Å². The van der Waals surface area contributed by atoms with Crippen molar-refractivity contribution in [1.82, 2.24) is 4.90 Å². The predicted octanol–water partition coefficient (Wildman–Crippen LogP) is -0.0783. The molecule has 2 saturated heterocycles. The molecule has 5 nitrogen and oxygen atoms in total. The summed E-state index contributed by atoms with van der Waals surface area (Å²) in [6, 6.07) is -0.0706. The minimum atomic E-state index is -0.524. The zero-order valence-electron chi connectivity index (χ0n) is 10.9. The van der Waals surface area contributed by atoms with E-state index >= 15 is 0 Å². The monoisotopic (exact) mass is 255 g/mol. The first kappa shape index (κ1) is 13.5. The van der Waals surface area contributed by atoms with Crippen LogP contribution in [0.4, 0.5) is 0 Å². The molecule has 2 heterocycles. The van der Waals surface area contributed by atoms with E-state index < -0.39 is 12.2 Å². The second-order valence-electron chi connectivity index (χ2n) is 5.14. The van der Waals surface area contributed by atoms with Crippen molar-refractivity contribution in [1.29, 1.82) is 0 Å². The Balaban J connectivity index is 1.94. The van der Waals surface area contributed by atoms with Crippen LogP contribution in [0.25, 0.3) is 0 Å². The molecule has 5 heteroatoms. The van der Waals surface area contributed by atoms with Gasteiger partial charge in [0, 0.05) is 30.6 Å². The number of fused-ring (bicyclic) bond motifs is 1. The van der Waals surface area contributed by atoms with Gasteiger partial charge in [-0.3, -0.25) is 4.90 Å². The molecular formula is C13H21NO4. The number of hydrogen-bond acceptors (Lipinski definition) is 5. The number of esters is 1. The van der Waals surface area contributed by atoms with Gasteiger partial charge in [0.15, 0.2) is 0 Å². The minimum absolute atomic E-state index is 0.0706. The molecule has 0 spiro atoms. The number of allylic oxidation sites excluding steroid dienone is 1. The number of rotatable bonds is 3. The Morgan fingerprint density at radius 3 is 2.83 bits per heavy atom. The van der Waals surface area contributed by atoms with Crippen LogP contribution in [0.15, 0.2) is 11.6 Å². The molecule has 0 aromatic rings. The average Bonchev–Trinajstić information content (AvgIpc) is 2.85. The molecule has 2 fully saturated rings. The van der Waals surface area contributed by atoms with Crippen molar-refractivity contribution >= 4 is 5.97 Å². The second kappa shape index (κ2) is 5.38. The van der Waals surface area contributed by atoms with Crippen LogP contribution in [0.5, 0.6) is 0 Å². The highest BCUT2D eigenvalue weighted by molar-refractivity contribution is 5.87. The lowest BCUT2D eigenvalue weighted by atomic mass is 9.95. The first-order valence-corrected chi connectivity index (χ1v) is 6.44. The fourth-order valence-corrected chi connectivity index (χ4v) is 2.85. The van der Waals surface area contributed by atoms with Crippen molar-refractivity contribution < 1.29 is 19.7 Å². The number of aliphatic hydroxyl groups excluding tert-OH is 2. The summed E-state index contributed by atoms with van der Waals surface area (Å²) in [6.07, 6.45) is 1.48. The molecule has 2 aliphatic rings. The van der Waals surface area contributed by atoms with Crippen molar-refractivity contribution in [2.75, 3.05) is 19.7 Å². The van der Waals surface area contributed by atoms with Gasteiger partial charge < -0.3 is 14.9 Å². The smallest absolute Gasteiger partial charge is 0.333 e. The van der Waals surface area contributed by atoms with Gasteiger partial charge in [0.25, 0.3) is 0 Å². The lowest BCUT2D eigenvalue weighted by Gasteiger charge is -2.23. The van der Waals surface area contributed by atoms with Gasteiger partial charge in [-0.15, -0.1) is 0 Å². The third kappa shape index (κ3) is 2.43. The number of carbonyl (C=O) groups excluding carboxylic acids is 1. The van der Waals surface area contributed by atoms with Gasteiger partial charge in [-0.2, -0.15) is 0 Å². The average molecular weight is 255 g/mol. The molecule has 0 radical (unpaired) electrons. The van der Waals surface area contributed by atoms with E-state index in [4.69, 9.17) is 4.74 Å². The molecule has 2 aliphatic heterocycles. The van der Waals surface area contributed by atoms with Crippen LogP contribution in [0.1, 0.15) is 20.3 Å². The fraction of sp³-hybridized carbons (Fsp3) is 0.769. The van der Waals surface area contributed by atoms with E-state index in [1.807, 2.05) is 0 Å². The molecule has 4 atom stereocenters.